The Bertz CT molecular complexity index is 975. The molecule has 5 heteroatoms. The first-order valence-electron chi connectivity index (χ1n) is 6.56. The van der Waals surface area contributed by atoms with Gasteiger partial charge in [0.2, 0.25) is 0 Å². The first-order chi connectivity index (χ1) is 10.2. The van der Waals surface area contributed by atoms with Crippen LogP contribution < -0.4 is 0 Å². The number of pyridine rings is 2. The van der Waals surface area contributed by atoms with E-state index in [2.05, 4.69) is 53.6 Å². The first kappa shape index (κ1) is 12.5. The van der Waals surface area contributed by atoms with Crippen molar-refractivity contribution in [1.29, 1.82) is 0 Å². The van der Waals surface area contributed by atoms with Crippen LogP contribution >= 0.6 is 15.9 Å². The number of fused-ring (bicyclic) bond motifs is 2. The van der Waals surface area contributed by atoms with Crippen molar-refractivity contribution in [3.8, 4) is 11.4 Å². The highest BCUT2D eigenvalue weighted by molar-refractivity contribution is 9.10. The fourth-order valence-electron chi connectivity index (χ4n) is 2.59. The molecular weight excluding hydrogens is 328 g/mol. The number of halogens is 1. The number of rotatable bonds is 1. The quantitative estimate of drug-likeness (QED) is 0.527. The van der Waals surface area contributed by atoms with Crippen molar-refractivity contribution >= 4 is 38.0 Å². The summed E-state index contributed by atoms with van der Waals surface area (Å²) < 4.78 is 3.07. The second-order valence-corrected chi connectivity index (χ2v) is 5.78. The van der Waals surface area contributed by atoms with Gasteiger partial charge >= 0.3 is 0 Å². The smallest absolute Gasteiger partial charge is 0.178 e. The van der Waals surface area contributed by atoms with Gasteiger partial charge in [-0.15, -0.1) is 0 Å². The number of aromatic nitrogens is 4. The summed E-state index contributed by atoms with van der Waals surface area (Å²) in [4.78, 5) is 13.5. The van der Waals surface area contributed by atoms with Gasteiger partial charge in [0.25, 0.3) is 0 Å². The molecule has 0 aliphatic rings. The number of hydrogen-bond acceptors (Lipinski definition) is 3. The van der Waals surface area contributed by atoms with Gasteiger partial charge in [-0.2, -0.15) is 0 Å². The highest BCUT2D eigenvalue weighted by atomic mass is 79.9. The molecule has 4 rings (SSSR count). The van der Waals surface area contributed by atoms with E-state index in [0.717, 1.165) is 37.9 Å². The summed E-state index contributed by atoms with van der Waals surface area (Å²) >= 11 is 3.57. The highest BCUT2D eigenvalue weighted by Gasteiger charge is 2.14. The maximum absolute atomic E-state index is 4.66. The number of imidazole rings is 1. The van der Waals surface area contributed by atoms with E-state index in [-0.39, 0.29) is 0 Å². The lowest BCUT2D eigenvalue weighted by Crippen LogP contribution is -1.94. The second kappa shape index (κ2) is 4.63. The molecule has 0 amide bonds. The molecule has 0 N–H and O–H groups in total. The summed E-state index contributed by atoms with van der Waals surface area (Å²) in [6.07, 6.45) is 3.57. The Morgan fingerprint density at radius 3 is 2.71 bits per heavy atom. The summed E-state index contributed by atoms with van der Waals surface area (Å²) in [5.74, 6) is 0.869. The van der Waals surface area contributed by atoms with Gasteiger partial charge in [-0.3, -0.25) is 4.98 Å². The lowest BCUT2D eigenvalue weighted by Gasteiger charge is -2.07. The molecular formula is C16H11BrN4. The highest BCUT2D eigenvalue weighted by Crippen LogP contribution is 2.31. The molecule has 3 aromatic heterocycles. The molecule has 0 spiro atoms. The van der Waals surface area contributed by atoms with Crippen LogP contribution in [0.4, 0.5) is 0 Å². The van der Waals surface area contributed by atoms with Crippen molar-refractivity contribution < 1.29 is 0 Å². The van der Waals surface area contributed by atoms with Crippen LogP contribution in [0.25, 0.3) is 33.5 Å². The average Bonchev–Trinajstić information content (AvgIpc) is 2.84. The molecule has 102 valence electrons. The summed E-state index contributed by atoms with van der Waals surface area (Å²) in [7, 11) is 2.00. The third-order valence-electron chi connectivity index (χ3n) is 3.57. The van der Waals surface area contributed by atoms with Gasteiger partial charge in [0.1, 0.15) is 5.82 Å². The fraction of sp³-hybridized carbons (Fsp3) is 0.0625. The van der Waals surface area contributed by atoms with Crippen molar-refractivity contribution in [3.05, 3.63) is 53.3 Å². The normalized spacial score (nSPS) is 11.3. The molecule has 0 radical (unpaired) electrons. The molecule has 3 heterocycles. The molecule has 0 fully saturated rings. The molecule has 4 aromatic rings. The van der Waals surface area contributed by atoms with E-state index in [1.54, 1.807) is 12.4 Å². The van der Waals surface area contributed by atoms with Crippen LogP contribution in [0.1, 0.15) is 0 Å². The number of hydrogen-bond donors (Lipinski definition) is 0. The summed E-state index contributed by atoms with van der Waals surface area (Å²) in [5, 5.41) is 1.09. The molecule has 1 aromatic carbocycles. The van der Waals surface area contributed by atoms with Gasteiger partial charge in [-0.05, 0) is 30.3 Å². The molecule has 0 aliphatic carbocycles. The molecule has 0 atom stereocenters. The predicted octanol–water partition coefficient (Wildman–Crippen LogP) is 3.95. The van der Waals surface area contributed by atoms with Crippen LogP contribution in [-0.4, -0.2) is 19.5 Å². The number of aryl methyl sites for hydroxylation is 1. The van der Waals surface area contributed by atoms with E-state index in [1.165, 1.54) is 0 Å². The summed E-state index contributed by atoms with van der Waals surface area (Å²) in [5.41, 5.74) is 3.70. The maximum Gasteiger partial charge on any atom is 0.178 e. The molecule has 0 unspecified atom stereocenters. The summed E-state index contributed by atoms with van der Waals surface area (Å²) in [6.45, 7) is 0. The second-order valence-electron chi connectivity index (χ2n) is 4.87. The number of nitrogens with zero attached hydrogens (tertiary/aromatic N) is 4. The van der Waals surface area contributed by atoms with Crippen LogP contribution in [0.5, 0.6) is 0 Å². The zero-order chi connectivity index (χ0) is 14.4. The Morgan fingerprint density at radius 1 is 1.05 bits per heavy atom. The van der Waals surface area contributed by atoms with Crippen molar-refractivity contribution in [2.75, 3.05) is 0 Å². The van der Waals surface area contributed by atoms with E-state index < -0.39 is 0 Å². The Balaban J connectivity index is 2.11. The third-order valence-corrected chi connectivity index (χ3v) is 4.03. The van der Waals surface area contributed by atoms with Crippen LogP contribution in [0.15, 0.2) is 53.3 Å². The zero-order valence-corrected chi connectivity index (χ0v) is 12.9. The summed E-state index contributed by atoms with van der Waals surface area (Å²) in [6, 6.07) is 12.0. The Labute approximate surface area is 129 Å². The lowest BCUT2D eigenvalue weighted by atomic mass is 10.1. The average molecular weight is 339 g/mol. The van der Waals surface area contributed by atoms with Crippen molar-refractivity contribution in [3.63, 3.8) is 0 Å². The molecule has 0 aliphatic heterocycles. The number of benzene rings is 1. The first-order valence-corrected chi connectivity index (χ1v) is 7.35. The Hall–Kier alpha value is -2.27. The van der Waals surface area contributed by atoms with E-state index in [4.69, 9.17) is 0 Å². The fourth-order valence-corrected chi connectivity index (χ4v) is 3.07. The zero-order valence-electron chi connectivity index (χ0n) is 11.3. The third kappa shape index (κ3) is 1.93. The minimum absolute atomic E-state index is 0.749. The molecule has 0 saturated heterocycles. The topological polar surface area (TPSA) is 43.6 Å². The van der Waals surface area contributed by atoms with Crippen LogP contribution in [0.3, 0.4) is 0 Å². The van der Waals surface area contributed by atoms with Crippen LogP contribution in [0.2, 0.25) is 0 Å². The van der Waals surface area contributed by atoms with Crippen molar-refractivity contribution in [1.82, 2.24) is 19.5 Å². The van der Waals surface area contributed by atoms with E-state index >= 15 is 0 Å². The SMILES string of the molecule is Cn1c(-c2cc(Br)cc3cccnc23)nc2ncccc21. The van der Waals surface area contributed by atoms with Crippen molar-refractivity contribution in [2.24, 2.45) is 7.05 Å². The van der Waals surface area contributed by atoms with Crippen molar-refractivity contribution in [2.45, 2.75) is 0 Å². The van der Waals surface area contributed by atoms with Gasteiger partial charge in [0.05, 0.1) is 11.0 Å². The lowest BCUT2D eigenvalue weighted by molar-refractivity contribution is 0.960. The molecule has 0 saturated carbocycles. The van der Waals surface area contributed by atoms with E-state index in [0.29, 0.717) is 0 Å². The van der Waals surface area contributed by atoms with Gasteiger partial charge in [-0.1, -0.05) is 22.0 Å². The standard InChI is InChI=1S/C16H11BrN4/c1-21-13-5-3-7-19-15(13)20-16(21)12-9-11(17)8-10-4-2-6-18-14(10)12/h2-9H,1H3. The minimum Gasteiger partial charge on any atom is -0.326 e. The predicted molar refractivity (Wildman–Crippen MR) is 86.9 cm³/mol. The van der Waals surface area contributed by atoms with E-state index in [9.17, 15) is 0 Å². The van der Waals surface area contributed by atoms with Gasteiger partial charge in [0, 0.05) is 34.9 Å². The van der Waals surface area contributed by atoms with Gasteiger partial charge in [0.15, 0.2) is 5.65 Å². The maximum atomic E-state index is 4.66. The Morgan fingerprint density at radius 2 is 1.86 bits per heavy atom. The van der Waals surface area contributed by atoms with E-state index in [1.807, 2.05) is 25.2 Å². The Kier molecular flexibility index (Phi) is 2.75. The molecule has 4 nitrogen and oxygen atoms in total. The molecule has 21 heavy (non-hydrogen) atoms. The molecule has 0 bridgehead atoms. The monoisotopic (exact) mass is 338 g/mol. The van der Waals surface area contributed by atoms with Gasteiger partial charge in [-0.25, -0.2) is 9.97 Å². The van der Waals surface area contributed by atoms with Gasteiger partial charge < -0.3 is 4.57 Å². The van der Waals surface area contributed by atoms with Crippen LogP contribution in [0, 0.1) is 0 Å². The van der Waals surface area contributed by atoms with Crippen LogP contribution in [-0.2, 0) is 7.05 Å². The minimum atomic E-state index is 0.749. The largest absolute Gasteiger partial charge is 0.326 e.